The fourth-order valence-electron chi connectivity index (χ4n) is 2.33. The Balaban J connectivity index is 2.20. The highest BCUT2D eigenvalue weighted by molar-refractivity contribution is 7.86. The lowest BCUT2D eigenvalue weighted by Gasteiger charge is -2.18. The Morgan fingerprint density at radius 1 is 1.42 bits per heavy atom. The van der Waals surface area contributed by atoms with Crippen LogP contribution in [0.4, 0.5) is 14.0 Å². The first-order valence-corrected chi connectivity index (χ1v) is 7.30. The van der Waals surface area contributed by atoms with E-state index in [1.165, 1.54) is 23.1 Å². The minimum Gasteiger partial charge on any atom is -0.312 e. The Labute approximate surface area is 110 Å². The fraction of sp³-hybridized carbons (Fsp3) is 0.417. The monoisotopic (exact) mass is 289 g/mol. The van der Waals surface area contributed by atoms with Crippen molar-refractivity contribution in [1.82, 2.24) is 0 Å². The molecule has 1 saturated heterocycles. The molecule has 1 aliphatic rings. The van der Waals surface area contributed by atoms with Gasteiger partial charge in [0, 0.05) is 24.6 Å². The van der Waals surface area contributed by atoms with E-state index in [1.54, 1.807) is 6.92 Å². The summed E-state index contributed by atoms with van der Waals surface area (Å²) in [5, 5.41) is 0. The van der Waals surface area contributed by atoms with Crippen molar-refractivity contribution in [1.29, 1.82) is 0 Å². The van der Waals surface area contributed by atoms with Crippen molar-refractivity contribution in [2.24, 2.45) is 5.92 Å². The predicted molar refractivity (Wildman–Crippen MR) is 66.5 cm³/mol. The third-order valence-electron chi connectivity index (χ3n) is 3.09. The van der Waals surface area contributed by atoms with E-state index in [0.717, 1.165) is 0 Å². The van der Waals surface area contributed by atoms with Crippen molar-refractivity contribution in [2.75, 3.05) is 17.2 Å². The number of rotatable bonds is 3. The molecule has 0 radical (unpaired) electrons. The molecule has 0 spiro atoms. The topological polar surface area (TPSA) is 54.5 Å². The van der Waals surface area contributed by atoms with E-state index in [4.69, 9.17) is 0 Å². The van der Waals surface area contributed by atoms with Crippen molar-refractivity contribution >= 4 is 21.8 Å². The fourth-order valence-corrected chi connectivity index (χ4v) is 3.12. The molecule has 0 saturated carbocycles. The number of halogens is 2. The van der Waals surface area contributed by atoms with Gasteiger partial charge in [-0.15, -0.1) is 3.89 Å². The molecule has 4 nitrogen and oxygen atoms in total. The number of hydrogen-bond donors (Lipinski definition) is 0. The van der Waals surface area contributed by atoms with Crippen LogP contribution in [0.2, 0.25) is 0 Å². The van der Waals surface area contributed by atoms with Crippen molar-refractivity contribution in [3.63, 3.8) is 0 Å². The number of benzene rings is 1. The first-order valence-electron chi connectivity index (χ1n) is 5.75. The van der Waals surface area contributed by atoms with Gasteiger partial charge in [-0.2, -0.15) is 8.42 Å². The number of aryl methyl sites for hydroxylation is 1. The molecule has 1 atom stereocenters. The van der Waals surface area contributed by atoms with Gasteiger partial charge >= 0.3 is 10.2 Å². The molecule has 1 aliphatic heterocycles. The van der Waals surface area contributed by atoms with Crippen LogP contribution in [0.5, 0.6) is 0 Å². The zero-order valence-electron chi connectivity index (χ0n) is 10.3. The van der Waals surface area contributed by atoms with Crippen molar-refractivity contribution in [3.8, 4) is 0 Å². The van der Waals surface area contributed by atoms with Crippen LogP contribution in [0.3, 0.4) is 0 Å². The second-order valence-corrected chi connectivity index (χ2v) is 6.12. The van der Waals surface area contributed by atoms with Gasteiger partial charge in [0.15, 0.2) is 0 Å². The molecule has 1 amide bonds. The molecule has 1 aromatic rings. The van der Waals surface area contributed by atoms with Gasteiger partial charge in [0.25, 0.3) is 0 Å². The number of carbonyl (C=O) groups is 1. The van der Waals surface area contributed by atoms with Crippen LogP contribution in [0.1, 0.15) is 12.0 Å². The van der Waals surface area contributed by atoms with Gasteiger partial charge in [0.05, 0.1) is 5.75 Å². The SMILES string of the molecule is Cc1cc(F)ccc1N1CC(CS(=O)(=O)F)CC1=O. The van der Waals surface area contributed by atoms with E-state index in [-0.39, 0.29) is 18.9 Å². The average molecular weight is 289 g/mol. The quantitative estimate of drug-likeness (QED) is 0.797. The van der Waals surface area contributed by atoms with Gasteiger partial charge in [0.1, 0.15) is 5.82 Å². The van der Waals surface area contributed by atoms with Crippen molar-refractivity contribution < 1.29 is 21.5 Å². The maximum Gasteiger partial charge on any atom is 0.302 e. The second-order valence-electron chi connectivity index (χ2n) is 4.71. The zero-order valence-corrected chi connectivity index (χ0v) is 11.1. The Hall–Kier alpha value is -1.50. The highest BCUT2D eigenvalue weighted by Crippen LogP contribution is 2.29. The molecule has 19 heavy (non-hydrogen) atoms. The van der Waals surface area contributed by atoms with E-state index in [1.807, 2.05) is 0 Å². The highest BCUT2D eigenvalue weighted by Gasteiger charge is 2.34. The maximum absolute atomic E-state index is 13.0. The van der Waals surface area contributed by atoms with Gasteiger partial charge in [0.2, 0.25) is 5.91 Å². The summed E-state index contributed by atoms with van der Waals surface area (Å²) in [6.07, 6.45) is -0.0139. The van der Waals surface area contributed by atoms with Gasteiger partial charge in [-0.05, 0) is 30.7 Å². The molecule has 1 unspecified atom stereocenters. The second kappa shape index (κ2) is 4.88. The van der Waals surface area contributed by atoms with Crippen molar-refractivity contribution in [3.05, 3.63) is 29.6 Å². The number of carbonyl (C=O) groups excluding carboxylic acids is 1. The molecule has 0 N–H and O–H groups in total. The minimum atomic E-state index is -4.59. The first-order chi connectivity index (χ1) is 8.76. The van der Waals surface area contributed by atoms with Gasteiger partial charge in [-0.1, -0.05) is 0 Å². The zero-order chi connectivity index (χ0) is 14.2. The minimum absolute atomic E-state index is 0.0139. The van der Waals surface area contributed by atoms with Crippen LogP contribution >= 0.6 is 0 Å². The normalized spacial score (nSPS) is 20.1. The van der Waals surface area contributed by atoms with E-state index in [2.05, 4.69) is 0 Å². The molecule has 7 heteroatoms. The summed E-state index contributed by atoms with van der Waals surface area (Å²) >= 11 is 0. The first kappa shape index (κ1) is 13.9. The lowest BCUT2D eigenvalue weighted by Crippen LogP contribution is -2.26. The molecule has 1 aromatic carbocycles. The van der Waals surface area contributed by atoms with Crippen LogP contribution in [-0.2, 0) is 15.0 Å². The summed E-state index contributed by atoms with van der Waals surface area (Å²) < 4.78 is 46.8. The molecule has 0 aliphatic carbocycles. The summed E-state index contributed by atoms with van der Waals surface area (Å²) in [7, 11) is -4.59. The summed E-state index contributed by atoms with van der Waals surface area (Å²) in [6.45, 7) is 1.79. The Morgan fingerprint density at radius 3 is 2.68 bits per heavy atom. The van der Waals surface area contributed by atoms with Gasteiger partial charge in [-0.3, -0.25) is 4.79 Å². The molecular weight excluding hydrogens is 276 g/mol. The number of hydrogen-bond acceptors (Lipinski definition) is 3. The summed E-state index contributed by atoms with van der Waals surface area (Å²) in [5.41, 5.74) is 1.11. The maximum atomic E-state index is 13.0. The molecular formula is C12H13F2NO3S. The third-order valence-corrected chi connectivity index (χ3v) is 3.96. The third kappa shape index (κ3) is 3.28. The summed E-state index contributed by atoms with van der Waals surface area (Å²) in [5.74, 6) is -1.90. The predicted octanol–water partition coefficient (Wildman–Crippen LogP) is 1.79. The van der Waals surface area contributed by atoms with Crippen LogP contribution in [0.15, 0.2) is 18.2 Å². The molecule has 1 heterocycles. The van der Waals surface area contributed by atoms with Crippen LogP contribution in [-0.4, -0.2) is 26.6 Å². The van der Waals surface area contributed by atoms with Crippen LogP contribution in [0.25, 0.3) is 0 Å². The largest absolute Gasteiger partial charge is 0.312 e. The van der Waals surface area contributed by atoms with E-state index in [0.29, 0.717) is 11.3 Å². The standard InChI is InChI=1S/C12H13F2NO3S/c1-8-4-10(13)2-3-11(8)15-6-9(5-12(15)16)7-19(14,17)18/h2-4,9H,5-7H2,1H3. The lowest BCUT2D eigenvalue weighted by molar-refractivity contribution is -0.117. The van der Waals surface area contributed by atoms with E-state index < -0.39 is 27.7 Å². The smallest absolute Gasteiger partial charge is 0.302 e. The van der Waals surface area contributed by atoms with Crippen LogP contribution < -0.4 is 4.90 Å². The Kier molecular flexibility index (Phi) is 3.58. The van der Waals surface area contributed by atoms with Crippen LogP contribution in [0, 0.1) is 18.7 Å². The Morgan fingerprint density at radius 2 is 2.11 bits per heavy atom. The highest BCUT2D eigenvalue weighted by atomic mass is 32.3. The number of anilines is 1. The van der Waals surface area contributed by atoms with Crippen molar-refractivity contribution in [2.45, 2.75) is 13.3 Å². The molecule has 0 aromatic heterocycles. The Bertz CT molecular complexity index is 615. The van der Waals surface area contributed by atoms with E-state index in [9.17, 15) is 21.5 Å². The van der Waals surface area contributed by atoms with Gasteiger partial charge < -0.3 is 4.90 Å². The number of amides is 1. The summed E-state index contributed by atoms with van der Waals surface area (Å²) in [4.78, 5) is 13.2. The van der Waals surface area contributed by atoms with Gasteiger partial charge in [-0.25, -0.2) is 4.39 Å². The summed E-state index contributed by atoms with van der Waals surface area (Å²) in [6, 6.07) is 3.99. The van der Waals surface area contributed by atoms with E-state index >= 15 is 0 Å². The average Bonchev–Trinajstić information content (AvgIpc) is 2.56. The molecule has 104 valence electrons. The number of nitrogens with zero attached hydrogens (tertiary/aromatic N) is 1. The molecule has 0 bridgehead atoms. The lowest BCUT2D eigenvalue weighted by atomic mass is 10.1. The molecule has 2 rings (SSSR count). The molecule has 1 fully saturated rings.